The van der Waals surface area contributed by atoms with Crippen LogP contribution in [0.5, 0.6) is 0 Å². The van der Waals surface area contributed by atoms with Crippen molar-refractivity contribution in [3.63, 3.8) is 0 Å². The molecule has 4 fully saturated rings. The highest BCUT2D eigenvalue weighted by Crippen LogP contribution is 2.43. The normalized spacial score (nSPS) is 40.4. The van der Waals surface area contributed by atoms with Crippen molar-refractivity contribution in [2.75, 3.05) is 19.6 Å². The van der Waals surface area contributed by atoms with Crippen LogP contribution >= 0.6 is 12.9 Å². The minimum Gasteiger partial charge on any atom is -0.316 e. The molecule has 3 saturated heterocycles. The molecule has 4 rings (SSSR count). The molecule has 2 bridgehead atoms. The van der Waals surface area contributed by atoms with E-state index < -0.39 is 6.04 Å². The number of carbonyl (C=O) groups is 2. The Morgan fingerprint density at radius 1 is 1.33 bits per heavy atom. The summed E-state index contributed by atoms with van der Waals surface area (Å²) in [7, 11) is 0. The Kier molecular flexibility index (Phi) is 3.25. The van der Waals surface area contributed by atoms with Crippen LogP contribution in [-0.2, 0) is 13.9 Å². The average molecular weight is 314 g/mol. The third-order valence-corrected chi connectivity index (χ3v) is 5.20. The number of urea groups is 1. The Balaban J connectivity index is 1.34. The molecule has 3 amide bonds. The maximum Gasteiger partial charge on any atom is 0.345 e. The van der Waals surface area contributed by atoms with E-state index in [0.29, 0.717) is 24.8 Å². The fraction of sp³-hybridized carbons (Fsp3) is 0.833. The molecule has 0 radical (unpaired) electrons. The minimum absolute atomic E-state index is 0.0196. The molecule has 4 atom stereocenters. The molecule has 4 aliphatic rings. The van der Waals surface area contributed by atoms with Gasteiger partial charge in [-0.3, -0.25) is 9.63 Å². The highest BCUT2D eigenvalue weighted by atomic mass is 32.1. The Labute approximate surface area is 127 Å². The van der Waals surface area contributed by atoms with E-state index in [2.05, 4.69) is 23.7 Å². The van der Waals surface area contributed by atoms with Crippen LogP contribution in [-0.4, -0.2) is 59.7 Å². The second-order valence-corrected chi connectivity index (χ2v) is 6.29. The fourth-order valence-electron chi connectivity index (χ4n) is 3.74. The van der Waals surface area contributed by atoms with Crippen molar-refractivity contribution in [3.05, 3.63) is 0 Å². The lowest BCUT2D eigenvalue weighted by atomic mass is 10.0. The van der Waals surface area contributed by atoms with Gasteiger partial charge in [0.05, 0.1) is 12.1 Å². The summed E-state index contributed by atoms with van der Waals surface area (Å²) in [4.78, 5) is 31.4. The molecule has 21 heavy (non-hydrogen) atoms. The molecule has 1 saturated carbocycles. The smallest absolute Gasteiger partial charge is 0.316 e. The van der Waals surface area contributed by atoms with Gasteiger partial charge in [0.25, 0.3) is 5.91 Å². The van der Waals surface area contributed by atoms with Gasteiger partial charge in [-0.05, 0) is 12.8 Å². The second-order valence-electron chi connectivity index (χ2n) is 6.12. The van der Waals surface area contributed by atoms with E-state index in [-0.39, 0.29) is 24.1 Å². The molecule has 3 aliphatic heterocycles. The van der Waals surface area contributed by atoms with Gasteiger partial charge in [-0.15, -0.1) is 0 Å². The van der Waals surface area contributed by atoms with Crippen molar-refractivity contribution in [1.82, 2.24) is 20.8 Å². The van der Waals surface area contributed by atoms with Crippen LogP contribution in [0.15, 0.2) is 0 Å². The molecule has 0 aromatic rings. The van der Waals surface area contributed by atoms with Gasteiger partial charge in [-0.25, -0.2) is 14.6 Å². The highest BCUT2D eigenvalue weighted by molar-refractivity contribution is 7.75. The SMILES string of the molecule is O=C(NOC1C2CNCC21)[C@@H]1CC[C@@H]2CN1C(=O)N2OS. The van der Waals surface area contributed by atoms with Crippen molar-refractivity contribution < 1.29 is 18.7 Å². The summed E-state index contributed by atoms with van der Waals surface area (Å²) in [6.07, 6.45) is 1.45. The third-order valence-electron chi connectivity index (χ3n) is 5.02. The minimum atomic E-state index is -0.487. The molecule has 0 spiro atoms. The third kappa shape index (κ3) is 2.10. The van der Waals surface area contributed by atoms with Crippen LogP contribution in [0.2, 0.25) is 0 Å². The first-order chi connectivity index (χ1) is 10.2. The number of amides is 3. The van der Waals surface area contributed by atoms with Crippen molar-refractivity contribution in [2.24, 2.45) is 11.8 Å². The van der Waals surface area contributed by atoms with Gasteiger partial charge in [0.2, 0.25) is 0 Å². The van der Waals surface area contributed by atoms with E-state index in [1.165, 1.54) is 9.96 Å². The average Bonchev–Trinajstić information content (AvgIpc) is 2.83. The fourth-order valence-corrected chi connectivity index (χ4v) is 3.95. The largest absolute Gasteiger partial charge is 0.345 e. The quantitative estimate of drug-likeness (QED) is 0.363. The molecular formula is C12H18N4O4S. The molecule has 9 heteroatoms. The van der Waals surface area contributed by atoms with E-state index in [4.69, 9.17) is 9.12 Å². The summed E-state index contributed by atoms with van der Waals surface area (Å²) in [5, 5.41) is 4.50. The van der Waals surface area contributed by atoms with Crippen LogP contribution in [0, 0.1) is 11.8 Å². The molecular weight excluding hydrogens is 296 g/mol. The lowest BCUT2D eigenvalue weighted by Crippen LogP contribution is -2.50. The van der Waals surface area contributed by atoms with Crippen LogP contribution < -0.4 is 10.8 Å². The Bertz CT molecular complexity index is 468. The Morgan fingerprint density at radius 2 is 2.10 bits per heavy atom. The number of piperidine rings is 2. The number of fused-ring (bicyclic) bond motifs is 3. The molecule has 2 unspecified atom stereocenters. The maximum atomic E-state index is 12.3. The number of nitrogens with zero attached hydrogens (tertiary/aromatic N) is 2. The monoisotopic (exact) mass is 314 g/mol. The number of rotatable bonds is 4. The van der Waals surface area contributed by atoms with E-state index in [0.717, 1.165) is 19.5 Å². The number of thiol groups is 1. The van der Waals surface area contributed by atoms with E-state index in [1.54, 1.807) is 0 Å². The summed E-state index contributed by atoms with van der Waals surface area (Å²) < 4.78 is 4.79. The molecule has 0 aromatic carbocycles. The first-order valence-corrected chi connectivity index (χ1v) is 7.65. The number of hydroxylamine groups is 3. The Morgan fingerprint density at radius 3 is 2.81 bits per heavy atom. The molecule has 1 aliphatic carbocycles. The topological polar surface area (TPSA) is 83.1 Å². The van der Waals surface area contributed by atoms with Crippen molar-refractivity contribution in [3.8, 4) is 0 Å². The van der Waals surface area contributed by atoms with Crippen LogP contribution in [0.25, 0.3) is 0 Å². The summed E-state index contributed by atoms with van der Waals surface area (Å²) in [6, 6.07) is -0.812. The van der Waals surface area contributed by atoms with Gasteiger partial charge < -0.3 is 10.2 Å². The first-order valence-electron chi connectivity index (χ1n) is 7.28. The lowest BCUT2D eigenvalue weighted by Gasteiger charge is -2.29. The molecule has 2 N–H and O–H groups in total. The summed E-state index contributed by atoms with van der Waals surface area (Å²) in [5.74, 6) is 0.783. The predicted octanol–water partition coefficient (Wildman–Crippen LogP) is -0.703. The van der Waals surface area contributed by atoms with Crippen molar-refractivity contribution in [1.29, 1.82) is 0 Å². The summed E-state index contributed by atoms with van der Waals surface area (Å²) in [5.41, 5.74) is 2.54. The highest BCUT2D eigenvalue weighted by Gasteiger charge is 2.55. The van der Waals surface area contributed by atoms with Crippen molar-refractivity contribution in [2.45, 2.75) is 31.0 Å². The van der Waals surface area contributed by atoms with Gasteiger partial charge >= 0.3 is 6.03 Å². The lowest BCUT2D eigenvalue weighted by molar-refractivity contribution is -0.140. The van der Waals surface area contributed by atoms with Crippen LogP contribution in [0.3, 0.4) is 0 Å². The van der Waals surface area contributed by atoms with E-state index >= 15 is 0 Å². The number of hydrogen-bond acceptors (Lipinski definition) is 6. The number of nitrogens with one attached hydrogen (secondary N) is 2. The van der Waals surface area contributed by atoms with Gasteiger partial charge in [0.1, 0.15) is 6.04 Å². The maximum absolute atomic E-state index is 12.3. The summed E-state index contributed by atoms with van der Waals surface area (Å²) in [6.45, 7) is 2.40. The molecule has 3 heterocycles. The van der Waals surface area contributed by atoms with Crippen molar-refractivity contribution >= 4 is 24.8 Å². The number of carbonyl (C=O) groups excluding carboxylic acids is 2. The van der Waals surface area contributed by atoms with Gasteiger partial charge in [-0.2, -0.15) is 5.06 Å². The zero-order chi connectivity index (χ0) is 14.6. The van der Waals surface area contributed by atoms with Crippen LogP contribution in [0.1, 0.15) is 12.8 Å². The zero-order valence-electron chi connectivity index (χ0n) is 11.4. The number of hydrogen-bond donors (Lipinski definition) is 3. The Hall–Kier alpha value is -1.03. The molecule has 8 nitrogen and oxygen atoms in total. The standard InChI is InChI=1S/C12H18N4O4S/c17-11(14-19-10-7-3-13-4-8(7)10)9-2-1-6-5-15(9)12(18)16(6)20-21/h6-10,13,21H,1-5H2,(H,14,17)/t6-,7?,8?,9+,10?/m1/s1. The summed E-state index contributed by atoms with van der Waals surface area (Å²) >= 11 is 3.70. The zero-order valence-corrected chi connectivity index (χ0v) is 12.3. The van der Waals surface area contributed by atoms with E-state index in [9.17, 15) is 9.59 Å². The first kappa shape index (κ1) is 13.6. The second kappa shape index (κ2) is 5.01. The van der Waals surface area contributed by atoms with Gasteiger partial charge in [-0.1, -0.05) is 0 Å². The van der Waals surface area contributed by atoms with E-state index in [1.807, 2.05) is 0 Å². The predicted molar refractivity (Wildman–Crippen MR) is 73.7 cm³/mol. The molecule has 0 aromatic heterocycles. The van der Waals surface area contributed by atoms with Gasteiger partial charge in [0, 0.05) is 44.4 Å². The van der Waals surface area contributed by atoms with Gasteiger partial charge in [0.15, 0.2) is 0 Å². The van der Waals surface area contributed by atoms with Crippen LogP contribution in [0.4, 0.5) is 4.79 Å². The molecule has 116 valence electrons.